The van der Waals surface area contributed by atoms with Crippen molar-refractivity contribution in [3.8, 4) is 23.5 Å². The zero-order valence-corrected chi connectivity index (χ0v) is 11.5. The molecule has 0 atom stereocenters. The first kappa shape index (κ1) is 16.4. The smallest absolute Gasteiger partial charge is 0.390 e. The van der Waals surface area contributed by atoms with Gasteiger partial charge in [0, 0.05) is 12.0 Å². The Labute approximate surface area is 128 Å². The highest BCUT2D eigenvalue weighted by Gasteiger charge is 2.25. The molecule has 0 radical (unpaired) electrons. The van der Waals surface area contributed by atoms with Gasteiger partial charge in [-0.25, -0.2) is 9.89 Å². The fourth-order valence-electron chi connectivity index (χ4n) is 1.55. The minimum atomic E-state index is -4.24. The molecule has 9 heteroatoms. The van der Waals surface area contributed by atoms with E-state index < -0.39 is 18.6 Å². The van der Waals surface area contributed by atoms with E-state index in [9.17, 15) is 18.0 Å². The average Bonchev–Trinajstić information content (AvgIpc) is 2.91. The van der Waals surface area contributed by atoms with Crippen LogP contribution in [0.3, 0.4) is 0 Å². The van der Waals surface area contributed by atoms with Crippen LogP contribution in [0.2, 0.25) is 0 Å². The number of carboxylic acid groups (broad SMARTS) is 1. The van der Waals surface area contributed by atoms with Crippen LogP contribution in [0, 0.1) is 11.8 Å². The molecule has 2 N–H and O–H groups in total. The molecule has 0 aliphatic rings. The standard InChI is InChI=1S/C14H10F3N3O3/c15-14(16,17)7-2-1-4-9-5-3-6-10(8-9)23-12-11(13(21)22)18-20-19-12/h3,5-6,8H,2,7H2,(H,21,22)(H,18,19,20). The van der Waals surface area contributed by atoms with E-state index in [0.717, 1.165) is 0 Å². The Hall–Kier alpha value is -3.02. The molecular weight excluding hydrogens is 315 g/mol. The largest absolute Gasteiger partial charge is 0.476 e. The summed E-state index contributed by atoms with van der Waals surface area (Å²) in [6.07, 6.45) is -5.51. The summed E-state index contributed by atoms with van der Waals surface area (Å²) in [5.41, 5.74) is 0.0562. The summed E-state index contributed by atoms with van der Waals surface area (Å²) in [6.45, 7) is 0. The molecule has 0 spiro atoms. The quantitative estimate of drug-likeness (QED) is 0.844. The van der Waals surface area contributed by atoms with E-state index in [2.05, 4.69) is 27.3 Å². The number of aromatic amines is 1. The molecule has 2 aromatic rings. The van der Waals surface area contributed by atoms with Crippen LogP contribution >= 0.6 is 0 Å². The fourth-order valence-corrected chi connectivity index (χ4v) is 1.55. The molecular formula is C14H10F3N3O3. The minimum absolute atomic E-state index is 0.153. The van der Waals surface area contributed by atoms with Crippen molar-refractivity contribution in [2.24, 2.45) is 0 Å². The molecule has 0 amide bonds. The van der Waals surface area contributed by atoms with Crippen LogP contribution in [0.5, 0.6) is 11.6 Å². The Morgan fingerprint density at radius 1 is 1.39 bits per heavy atom. The predicted octanol–water partition coefficient (Wildman–Crippen LogP) is 2.99. The van der Waals surface area contributed by atoms with Gasteiger partial charge in [0.15, 0.2) is 0 Å². The number of hydrogen-bond donors (Lipinski definition) is 2. The van der Waals surface area contributed by atoms with Crippen LogP contribution < -0.4 is 4.74 Å². The van der Waals surface area contributed by atoms with Gasteiger partial charge in [0.1, 0.15) is 5.75 Å². The topological polar surface area (TPSA) is 88.1 Å². The fraction of sp³-hybridized carbons (Fsp3) is 0.214. The number of H-pyrrole nitrogens is 1. The van der Waals surface area contributed by atoms with E-state index in [0.29, 0.717) is 5.56 Å². The second-order valence-electron chi connectivity index (χ2n) is 4.34. The second kappa shape index (κ2) is 6.83. The molecule has 0 fully saturated rings. The predicted molar refractivity (Wildman–Crippen MR) is 72.0 cm³/mol. The van der Waals surface area contributed by atoms with E-state index in [1.165, 1.54) is 12.1 Å². The van der Waals surface area contributed by atoms with Crippen molar-refractivity contribution in [3.05, 3.63) is 35.5 Å². The Balaban J connectivity index is 2.07. The van der Waals surface area contributed by atoms with Gasteiger partial charge in [-0.3, -0.25) is 0 Å². The van der Waals surface area contributed by atoms with Crippen LogP contribution in [-0.4, -0.2) is 32.7 Å². The van der Waals surface area contributed by atoms with Crippen molar-refractivity contribution in [3.63, 3.8) is 0 Å². The third-order valence-corrected chi connectivity index (χ3v) is 2.54. The van der Waals surface area contributed by atoms with E-state index in [4.69, 9.17) is 9.84 Å². The summed E-state index contributed by atoms with van der Waals surface area (Å²) in [6, 6.07) is 6.17. The summed E-state index contributed by atoms with van der Waals surface area (Å²) in [7, 11) is 0. The average molecular weight is 325 g/mol. The van der Waals surface area contributed by atoms with Crippen LogP contribution in [-0.2, 0) is 0 Å². The van der Waals surface area contributed by atoms with Gasteiger partial charge in [-0.2, -0.15) is 13.2 Å². The first-order valence-corrected chi connectivity index (χ1v) is 6.33. The van der Waals surface area contributed by atoms with E-state index >= 15 is 0 Å². The van der Waals surface area contributed by atoms with E-state index in [1.807, 2.05) is 0 Å². The minimum Gasteiger partial charge on any atom is -0.476 e. The van der Waals surface area contributed by atoms with Gasteiger partial charge < -0.3 is 9.84 Å². The maximum atomic E-state index is 12.0. The highest BCUT2D eigenvalue weighted by molar-refractivity contribution is 5.87. The molecule has 0 bridgehead atoms. The maximum absolute atomic E-state index is 12.0. The van der Waals surface area contributed by atoms with Crippen molar-refractivity contribution in [1.82, 2.24) is 15.4 Å². The number of carboxylic acids is 1. The summed E-state index contributed by atoms with van der Waals surface area (Å²) in [5.74, 6) is 3.80. The molecule has 120 valence electrons. The molecule has 0 saturated heterocycles. The molecule has 1 heterocycles. The highest BCUT2D eigenvalue weighted by atomic mass is 19.4. The van der Waals surface area contributed by atoms with Gasteiger partial charge in [0.2, 0.25) is 5.69 Å². The molecule has 1 aromatic carbocycles. The van der Waals surface area contributed by atoms with Crippen LogP contribution in [0.15, 0.2) is 24.3 Å². The Bertz CT molecular complexity index is 760. The van der Waals surface area contributed by atoms with Gasteiger partial charge in [0.05, 0.1) is 6.42 Å². The van der Waals surface area contributed by atoms with Gasteiger partial charge in [0.25, 0.3) is 5.88 Å². The second-order valence-corrected chi connectivity index (χ2v) is 4.34. The molecule has 0 aliphatic heterocycles. The monoisotopic (exact) mass is 325 g/mol. The number of alkyl halides is 3. The lowest BCUT2D eigenvalue weighted by atomic mass is 10.2. The maximum Gasteiger partial charge on any atom is 0.390 e. The lowest BCUT2D eigenvalue weighted by Gasteiger charge is -2.03. The van der Waals surface area contributed by atoms with E-state index in [-0.39, 0.29) is 23.7 Å². The summed E-state index contributed by atoms with van der Waals surface area (Å²) in [4.78, 5) is 10.9. The number of ether oxygens (including phenoxy) is 1. The lowest BCUT2D eigenvalue weighted by molar-refractivity contribution is -0.133. The van der Waals surface area contributed by atoms with Crippen molar-refractivity contribution < 1.29 is 27.8 Å². The van der Waals surface area contributed by atoms with Gasteiger partial charge in [-0.05, 0) is 18.2 Å². The van der Waals surface area contributed by atoms with Crippen molar-refractivity contribution >= 4 is 5.97 Å². The van der Waals surface area contributed by atoms with Crippen LogP contribution in [0.1, 0.15) is 28.9 Å². The Morgan fingerprint density at radius 2 is 2.17 bits per heavy atom. The van der Waals surface area contributed by atoms with Crippen molar-refractivity contribution in [2.45, 2.75) is 19.0 Å². The number of hydrogen-bond acceptors (Lipinski definition) is 4. The molecule has 0 aliphatic carbocycles. The number of aromatic nitrogens is 3. The number of carbonyl (C=O) groups is 1. The summed E-state index contributed by atoms with van der Waals surface area (Å²) in [5, 5.41) is 17.9. The summed E-state index contributed by atoms with van der Waals surface area (Å²) >= 11 is 0. The van der Waals surface area contributed by atoms with Crippen molar-refractivity contribution in [2.75, 3.05) is 0 Å². The van der Waals surface area contributed by atoms with Crippen LogP contribution in [0.25, 0.3) is 0 Å². The zero-order chi connectivity index (χ0) is 16.9. The molecule has 6 nitrogen and oxygen atoms in total. The van der Waals surface area contributed by atoms with E-state index in [1.54, 1.807) is 12.1 Å². The van der Waals surface area contributed by atoms with Gasteiger partial charge in [-0.1, -0.05) is 23.1 Å². The number of rotatable bonds is 4. The number of halogens is 3. The summed E-state index contributed by atoms with van der Waals surface area (Å²) < 4.78 is 41.3. The number of nitrogens with one attached hydrogen (secondary N) is 1. The third kappa shape index (κ3) is 5.03. The normalized spacial score (nSPS) is 10.7. The molecule has 2 rings (SSSR count). The Morgan fingerprint density at radius 3 is 2.87 bits per heavy atom. The first-order chi connectivity index (χ1) is 10.8. The molecule has 1 aromatic heterocycles. The number of nitrogens with zero attached hydrogens (tertiary/aromatic N) is 2. The lowest BCUT2D eigenvalue weighted by Crippen LogP contribution is -2.05. The third-order valence-electron chi connectivity index (χ3n) is 2.54. The van der Waals surface area contributed by atoms with Crippen LogP contribution in [0.4, 0.5) is 13.2 Å². The number of aromatic carboxylic acids is 1. The van der Waals surface area contributed by atoms with Gasteiger partial charge in [-0.15, -0.1) is 5.10 Å². The Kier molecular flexibility index (Phi) is 4.85. The highest BCUT2D eigenvalue weighted by Crippen LogP contribution is 2.23. The van der Waals surface area contributed by atoms with Crippen molar-refractivity contribution in [1.29, 1.82) is 0 Å². The molecule has 23 heavy (non-hydrogen) atoms. The molecule has 0 unspecified atom stereocenters. The number of benzene rings is 1. The molecule has 0 saturated carbocycles. The van der Waals surface area contributed by atoms with Gasteiger partial charge >= 0.3 is 12.1 Å². The zero-order valence-electron chi connectivity index (χ0n) is 11.5. The SMILES string of the molecule is O=C(O)c1nn[nH]c1Oc1cccc(C#CCCC(F)(F)F)c1. The first-order valence-electron chi connectivity index (χ1n) is 6.33.